The van der Waals surface area contributed by atoms with E-state index in [0.29, 0.717) is 5.52 Å². The third-order valence-corrected chi connectivity index (χ3v) is 4.05. The first-order valence-electron chi connectivity index (χ1n) is 6.62. The Kier molecular flexibility index (Phi) is 3.99. The highest BCUT2D eigenvalue weighted by Gasteiger charge is 2.37. The molecular weight excluding hydrogens is 325 g/mol. The van der Waals surface area contributed by atoms with Crippen LogP contribution in [0.15, 0.2) is 40.8 Å². The van der Waals surface area contributed by atoms with Gasteiger partial charge >= 0.3 is 6.18 Å². The highest BCUT2D eigenvalue weighted by atomic mass is 32.1. The van der Waals surface area contributed by atoms with Crippen LogP contribution in [-0.4, -0.2) is 16.2 Å². The highest BCUT2D eigenvalue weighted by molar-refractivity contribution is 7.11. The van der Waals surface area contributed by atoms with Gasteiger partial charge in [-0.2, -0.15) is 18.3 Å². The summed E-state index contributed by atoms with van der Waals surface area (Å²) in [6, 6.07) is 8.29. The summed E-state index contributed by atoms with van der Waals surface area (Å²) in [6.45, 7) is 1.90. The van der Waals surface area contributed by atoms with Crippen molar-refractivity contribution in [2.24, 2.45) is 5.10 Å². The van der Waals surface area contributed by atoms with Crippen molar-refractivity contribution in [3.8, 4) is 0 Å². The number of thiophene rings is 1. The van der Waals surface area contributed by atoms with Gasteiger partial charge in [0.1, 0.15) is 0 Å². The molecule has 0 aliphatic carbocycles. The van der Waals surface area contributed by atoms with Gasteiger partial charge in [0.15, 0.2) is 11.5 Å². The number of aryl methyl sites for hydroxylation is 1. The van der Waals surface area contributed by atoms with Crippen LogP contribution in [0.3, 0.4) is 0 Å². The van der Waals surface area contributed by atoms with Crippen LogP contribution in [-0.2, 0) is 6.18 Å². The number of hydrazone groups is 1. The number of halogens is 3. The van der Waals surface area contributed by atoms with Gasteiger partial charge in [-0.25, -0.2) is 9.97 Å². The topological polar surface area (TPSA) is 50.2 Å². The molecule has 3 rings (SSSR count). The Hall–Kier alpha value is -2.48. The molecule has 3 aromatic rings. The molecule has 0 aliphatic rings. The van der Waals surface area contributed by atoms with Gasteiger partial charge in [-0.3, -0.25) is 5.43 Å². The SMILES string of the molecule is Cc1ccsc1C=NNc1nc2ccccc2nc1C(F)(F)F. The summed E-state index contributed by atoms with van der Waals surface area (Å²) in [4.78, 5) is 8.50. The van der Waals surface area contributed by atoms with E-state index in [1.807, 2.05) is 18.4 Å². The van der Waals surface area contributed by atoms with Crippen molar-refractivity contribution >= 4 is 34.4 Å². The largest absolute Gasteiger partial charge is 0.437 e. The van der Waals surface area contributed by atoms with Crippen molar-refractivity contribution in [1.82, 2.24) is 9.97 Å². The van der Waals surface area contributed by atoms with Gasteiger partial charge in [0.25, 0.3) is 0 Å². The summed E-state index contributed by atoms with van der Waals surface area (Å²) < 4.78 is 39.4. The molecule has 1 N–H and O–H groups in total. The maximum absolute atomic E-state index is 13.1. The second-order valence-corrected chi connectivity index (χ2v) is 5.69. The first-order chi connectivity index (χ1) is 10.9. The molecule has 8 heteroatoms. The number of anilines is 1. The second-order valence-electron chi connectivity index (χ2n) is 4.75. The van der Waals surface area contributed by atoms with Crippen LogP contribution < -0.4 is 5.43 Å². The Bertz CT molecular complexity index is 871. The van der Waals surface area contributed by atoms with Gasteiger partial charge in [-0.1, -0.05) is 12.1 Å². The van der Waals surface area contributed by atoms with E-state index in [2.05, 4.69) is 20.5 Å². The molecule has 1 aromatic carbocycles. The third kappa shape index (κ3) is 3.31. The first-order valence-corrected chi connectivity index (χ1v) is 7.50. The molecule has 4 nitrogen and oxygen atoms in total. The van der Waals surface area contributed by atoms with E-state index in [4.69, 9.17) is 0 Å². The highest BCUT2D eigenvalue weighted by Crippen LogP contribution is 2.33. The molecule has 2 aromatic heterocycles. The molecule has 0 saturated heterocycles. The number of alkyl halides is 3. The molecule has 0 unspecified atom stereocenters. The molecular formula is C15H11F3N4S. The van der Waals surface area contributed by atoms with Crippen molar-refractivity contribution in [2.75, 3.05) is 5.43 Å². The minimum Gasteiger partial charge on any atom is -0.259 e. The maximum atomic E-state index is 13.1. The number of nitrogens with zero attached hydrogens (tertiary/aromatic N) is 3. The van der Waals surface area contributed by atoms with Crippen molar-refractivity contribution in [3.05, 3.63) is 51.8 Å². The van der Waals surface area contributed by atoms with Gasteiger partial charge in [-0.15, -0.1) is 11.3 Å². The Morgan fingerprint density at radius 1 is 1.13 bits per heavy atom. The fourth-order valence-electron chi connectivity index (χ4n) is 1.94. The predicted octanol–water partition coefficient (Wildman–Crippen LogP) is 4.46. The van der Waals surface area contributed by atoms with Crippen molar-refractivity contribution in [3.63, 3.8) is 0 Å². The lowest BCUT2D eigenvalue weighted by Crippen LogP contribution is -2.13. The average Bonchev–Trinajstić information content (AvgIpc) is 2.91. The lowest BCUT2D eigenvalue weighted by molar-refractivity contribution is -0.140. The summed E-state index contributed by atoms with van der Waals surface area (Å²) in [6.07, 6.45) is -3.15. The molecule has 0 radical (unpaired) electrons. The first kappa shape index (κ1) is 15.4. The fraction of sp³-hybridized carbons (Fsp3) is 0.133. The van der Waals surface area contributed by atoms with Crippen LogP contribution >= 0.6 is 11.3 Å². The van der Waals surface area contributed by atoms with Gasteiger partial charge in [0.2, 0.25) is 0 Å². The van der Waals surface area contributed by atoms with Crippen LogP contribution in [0, 0.1) is 6.92 Å². The summed E-state index contributed by atoms with van der Waals surface area (Å²) in [5.74, 6) is -0.415. The maximum Gasteiger partial charge on any atom is 0.437 e. The molecule has 0 bridgehead atoms. The normalized spacial score (nSPS) is 12.2. The quantitative estimate of drug-likeness (QED) is 0.567. The number of benzene rings is 1. The monoisotopic (exact) mass is 336 g/mol. The molecule has 2 heterocycles. The van der Waals surface area contributed by atoms with Crippen molar-refractivity contribution in [2.45, 2.75) is 13.1 Å². The molecule has 23 heavy (non-hydrogen) atoms. The number of hydrogen-bond acceptors (Lipinski definition) is 5. The summed E-state index contributed by atoms with van der Waals surface area (Å²) >= 11 is 1.45. The standard InChI is InChI=1S/C15H11F3N4S/c1-9-6-7-23-12(9)8-19-22-14-13(15(16,17)18)20-10-4-2-3-5-11(10)21-14/h2-8H,1H3,(H,21,22). The molecule has 118 valence electrons. The molecule has 0 atom stereocenters. The van der Waals surface area contributed by atoms with E-state index in [9.17, 15) is 13.2 Å². The van der Waals surface area contributed by atoms with Crippen LogP contribution in [0.25, 0.3) is 11.0 Å². The van der Waals surface area contributed by atoms with Crippen LogP contribution in [0.2, 0.25) is 0 Å². The third-order valence-electron chi connectivity index (χ3n) is 3.09. The minimum atomic E-state index is -4.62. The Morgan fingerprint density at radius 3 is 2.43 bits per heavy atom. The van der Waals surface area contributed by atoms with E-state index < -0.39 is 17.7 Å². The van der Waals surface area contributed by atoms with E-state index in [-0.39, 0.29) is 5.52 Å². The van der Waals surface area contributed by atoms with Crippen LogP contribution in [0.1, 0.15) is 16.1 Å². The summed E-state index contributed by atoms with van der Waals surface area (Å²) in [5, 5.41) is 5.74. The van der Waals surface area contributed by atoms with E-state index in [0.717, 1.165) is 10.4 Å². The fourth-order valence-corrected chi connectivity index (χ4v) is 2.73. The summed E-state index contributed by atoms with van der Waals surface area (Å²) in [5.41, 5.74) is 2.82. The number of hydrogen-bond donors (Lipinski definition) is 1. The van der Waals surface area contributed by atoms with Crippen molar-refractivity contribution in [1.29, 1.82) is 0 Å². The Labute approximate surface area is 133 Å². The predicted molar refractivity (Wildman–Crippen MR) is 84.8 cm³/mol. The van der Waals surface area contributed by atoms with Crippen molar-refractivity contribution < 1.29 is 13.2 Å². The summed E-state index contributed by atoms with van der Waals surface area (Å²) in [7, 11) is 0. The molecule has 0 saturated carbocycles. The van der Waals surface area contributed by atoms with E-state index in [1.54, 1.807) is 18.2 Å². The number of aromatic nitrogens is 2. The zero-order valence-electron chi connectivity index (χ0n) is 11.9. The lowest BCUT2D eigenvalue weighted by atomic mass is 10.3. The zero-order chi connectivity index (χ0) is 16.4. The zero-order valence-corrected chi connectivity index (χ0v) is 12.7. The van der Waals surface area contributed by atoms with Gasteiger partial charge in [-0.05, 0) is 36.1 Å². The molecule has 0 spiro atoms. The lowest BCUT2D eigenvalue weighted by Gasteiger charge is -2.11. The molecule has 0 fully saturated rings. The van der Waals surface area contributed by atoms with Gasteiger partial charge in [0.05, 0.1) is 17.2 Å². The smallest absolute Gasteiger partial charge is 0.259 e. The number of fused-ring (bicyclic) bond motifs is 1. The van der Waals surface area contributed by atoms with Gasteiger partial charge < -0.3 is 0 Å². The van der Waals surface area contributed by atoms with Crippen LogP contribution in [0.4, 0.5) is 19.0 Å². The van der Waals surface area contributed by atoms with Gasteiger partial charge in [0, 0.05) is 4.88 Å². The van der Waals surface area contributed by atoms with E-state index >= 15 is 0 Å². The Balaban J connectivity index is 1.98. The molecule has 0 amide bonds. The Morgan fingerprint density at radius 2 is 1.83 bits per heavy atom. The van der Waals surface area contributed by atoms with Crippen LogP contribution in [0.5, 0.6) is 0 Å². The van der Waals surface area contributed by atoms with E-state index in [1.165, 1.54) is 23.6 Å². The molecule has 0 aliphatic heterocycles. The number of para-hydroxylation sites is 2. The minimum absolute atomic E-state index is 0.184. The number of nitrogens with one attached hydrogen (secondary N) is 1. The number of rotatable bonds is 3. The second kappa shape index (κ2) is 5.96. The average molecular weight is 336 g/mol.